The molecule has 0 aromatic carbocycles. The third kappa shape index (κ3) is 3.54. The predicted molar refractivity (Wildman–Crippen MR) is 122 cm³/mol. The maximum absolute atomic E-state index is 12.7. The summed E-state index contributed by atoms with van der Waals surface area (Å²) in [7, 11) is 0. The van der Waals surface area contributed by atoms with Crippen LogP contribution in [-0.4, -0.2) is 41.8 Å². The average molecular weight is 432 g/mol. The molecule has 0 bridgehead atoms. The van der Waals surface area contributed by atoms with Crippen LogP contribution in [0.5, 0.6) is 0 Å². The van der Waals surface area contributed by atoms with Crippen molar-refractivity contribution in [3.8, 4) is 0 Å². The SMILES string of the molecule is C[C@]12CC[C@H](CCC3CCNCC3)CC1[C@@H](CO)[C@@H](O)[C@@H]1[C@@H]2CC[C@]2(C)C(=O)CC[C@@H]12. The summed E-state index contributed by atoms with van der Waals surface area (Å²) in [5.74, 6) is 3.54. The van der Waals surface area contributed by atoms with Crippen molar-refractivity contribution in [3.63, 3.8) is 0 Å². The van der Waals surface area contributed by atoms with Crippen molar-refractivity contribution in [2.24, 2.45) is 52.3 Å². The summed E-state index contributed by atoms with van der Waals surface area (Å²) < 4.78 is 0. The van der Waals surface area contributed by atoms with Gasteiger partial charge in [0.25, 0.3) is 0 Å². The molecular formula is C27H45NO3. The fraction of sp³-hybridized carbons (Fsp3) is 0.963. The number of piperidine rings is 1. The molecule has 1 unspecified atom stereocenters. The van der Waals surface area contributed by atoms with E-state index in [0.717, 1.165) is 31.1 Å². The van der Waals surface area contributed by atoms with E-state index in [4.69, 9.17) is 0 Å². The zero-order chi connectivity index (χ0) is 21.8. The van der Waals surface area contributed by atoms with Gasteiger partial charge < -0.3 is 15.5 Å². The van der Waals surface area contributed by atoms with Crippen LogP contribution in [0.3, 0.4) is 0 Å². The van der Waals surface area contributed by atoms with E-state index in [9.17, 15) is 15.0 Å². The lowest BCUT2D eigenvalue weighted by Gasteiger charge is -2.64. The molecule has 176 valence electrons. The molecule has 3 N–H and O–H groups in total. The van der Waals surface area contributed by atoms with E-state index in [-0.39, 0.29) is 29.3 Å². The molecular weight excluding hydrogens is 386 g/mol. The quantitative estimate of drug-likeness (QED) is 0.624. The van der Waals surface area contributed by atoms with Crippen LogP contribution in [0.15, 0.2) is 0 Å². The second-order valence-corrected chi connectivity index (χ2v) is 12.6. The first kappa shape index (κ1) is 22.3. The van der Waals surface area contributed by atoms with Gasteiger partial charge in [-0.1, -0.05) is 26.7 Å². The van der Waals surface area contributed by atoms with Crippen LogP contribution < -0.4 is 5.32 Å². The Hall–Kier alpha value is -0.450. The summed E-state index contributed by atoms with van der Waals surface area (Å²) in [5, 5.41) is 25.5. The highest BCUT2D eigenvalue weighted by atomic mass is 16.3. The minimum atomic E-state index is -0.438. The number of rotatable bonds is 4. The smallest absolute Gasteiger partial charge is 0.139 e. The van der Waals surface area contributed by atoms with E-state index in [2.05, 4.69) is 19.2 Å². The highest BCUT2D eigenvalue weighted by Crippen LogP contribution is 2.67. The molecule has 0 spiro atoms. The van der Waals surface area contributed by atoms with E-state index in [1.807, 2.05) is 0 Å². The molecule has 5 aliphatic rings. The van der Waals surface area contributed by atoms with Gasteiger partial charge in [0.05, 0.1) is 6.10 Å². The van der Waals surface area contributed by atoms with Crippen LogP contribution in [0.2, 0.25) is 0 Å². The van der Waals surface area contributed by atoms with Gasteiger partial charge in [0.15, 0.2) is 0 Å². The Morgan fingerprint density at radius 3 is 2.42 bits per heavy atom. The summed E-state index contributed by atoms with van der Waals surface area (Å²) in [6.07, 6.45) is 12.4. The zero-order valence-corrected chi connectivity index (χ0v) is 19.8. The topological polar surface area (TPSA) is 69.6 Å². The summed E-state index contributed by atoms with van der Waals surface area (Å²) in [6, 6.07) is 0. The van der Waals surface area contributed by atoms with E-state index >= 15 is 0 Å². The lowest BCUT2D eigenvalue weighted by Crippen LogP contribution is -2.62. The first-order valence-corrected chi connectivity index (χ1v) is 13.4. The Balaban J connectivity index is 1.34. The summed E-state index contributed by atoms with van der Waals surface area (Å²) in [6.45, 7) is 7.13. The van der Waals surface area contributed by atoms with Gasteiger partial charge >= 0.3 is 0 Å². The molecule has 9 atom stereocenters. The Morgan fingerprint density at radius 1 is 0.935 bits per heavy atom. The molecule has 5 rings (SSSR count). The molecule has 1 aliphatic heterocycles. The van der Waals surface area contributed by atoms with Crippen molar-refractivity contribution in [1.29, 1.82) is 0 Å². The second-order valence-electron chi connectivity index (χ2n) is 12.6. The molecule has 4 nitrogen and oxygen atoms in total. The number of carbonyl (C=O) groups is 1. The first-order valence-electron chi connectivity index (χ1n) is 13.4. The lowest BCUT2D eigenvalue weighted by molar-refractivity contribution is -0.201. The molecule has 4 saturated carbocycles. The maximum atomic E-state index is 12.7. The summed E-state index contributed by atoms with van der Waals surface area (Å²) in [4.78, 5) is 12.7. The van der Waals surface area contributed by atoms with Gasteiger partial charge in [-0.05, 0) is 105 Å². The standard InChI is InChI=1S/C27H45NO3/c1-26-11-7-18(4-3-17-9-13-28-14-10-17)15-22(26)19(16-29)25(31)24-20-5-6-23(30)27(20,2)12-8-21(24)26/h17-22,24-25,28-29,31H,3-16H2,1-2H3/t18-,19+,20-,21-,22?,24-,25+,26+,27-/m0/s1. The Labute approximate surface area is 188 Å². The molecule has 0 amide bonds. The van der Waals surface area contributed by atoms with Crippen molar-refractivity contribution in [2.75, 3.05) is 19.7 Å². The molecule has 0 aromatic rings. The number of carbonyl (C=O) groups excluding carboxylic acids is 1. The van der Waals surface area contributed by atoms with Gasteiger partial charge in [0, 0.05) is 24.4 Å². The third-order valence-electron chi connectivity index (χ3n) is 11.4. The third-order valence-corrected chi connectivity index (χ3v) is 11.4. The van der Waals surface area contributed by atoms with Crippen LogP contribution in [0.25, 0.3) is 0 Å². The van der Waals surface area contributed by atoms with Gasteiger partial charge in [-0.3, -0.25) is 4.79 Å². The monoisotopic (exact) mass is 431 g/mol. The highest BCUT2D eigenvalue weighted by molar-refractivity contribution is 5.87. The van der Waals surface area contributed by atoms with Gasteiger partial charge in [-0.15, -0.1) is 0 Å². The molecule has 1 heterocycles. The number of Topliss-reactive ketones (excluding diaryl/α,β-unsaturated/α-hetero) is 1. The van der Waals surface area contributed by atoms with E-state index < -0.39 is 6.10 Å². The van der Waals surface area contributed by atoms with Gasteiger partial charge in [0.2, 0.25) is 0 Å². The minimum Gasteiger partial charge on any atom is -0.396 e. The number of hydrogen-bond acceptors (Lipinski definition) is 4. The molecule has 31 heavy (non-hydrogen) atoms. The van der Waals surface area contributed by atoms with Crippen LogP contribution in [-0.2, 0) is 4.79 Å². The lowest BCUT2D eigenvalue weighted by atomic mass is 9.41. The molecule has 0 aromatic heterocycles. The zero-order valence-electron chi connectivity index (χ0n) is 19.8. The van der Waals surface area contributed by atoms with Crippen molar-refractivity contribution in [3.05, 3.63) is 0 Å². The van der Waals surface area contributed by atoms with E-state index in [0.29, 0.717) is 30.0 Å². The molecule has 4 aliphatic carbocycles. The van der Waals surface area contributed by atoms with Crippen LogP contribution in [0, 0.1) is 52.3 Å². The normalized spacial score (nSPS) is 50.6. The Morgan fingerprint density at radius 2 is 1.68 bits per heavy atom. The van der Waals surface area contributed by atoms with Crippen molar-refractivity contribution < 1.29 is 15.0 Å². The number of hydrogen-bond donors (Lipinski definition) is 3. The largest absolute Gasteiger partial charge is 0.396 e. The number of aliphatic hydroxyl groups excluding tert-OH is 2. The van der Waals surface area contributed by atoms with E-state index in [1.54, 1.807) is 0 Å². The molecule has 1 saturated heterocycles. The maximum Gasteiger partial charge on any atom is 0.139 e. The first-order chi connectivity index (χ1) is 14.9. The van der Waals surface area contributed by atoms with E-state index in [1.165, 1.54) is 58.0 Å². The number of ketones is 1. The number of aliphatic hydroxyl groups is 2. The summed E-state index contributed by atoms with van der Waals surface area (Å²) >= 11 is 0. The second kappa shape index (κ2) is 8.40. The van der Waals surface area contributed by atoms with Crippen molar-refractivity contribution >= 4 is 5.78 Å². The van der Waals surface area contributed by atoms with Gasteiger partial charge in [-0.25, -0.2) is 0 Å². The van der Waals surface area contributed by atoms with Gasteiger partial charge in [0.1, 0.15) is 5.78 Å². The molecule has 4 heteroatoms. The van der Waals surface area contributed by atoms with Crippen molar-refractivity contribution in [1.82, 2.24) is 5.32 Å². The summed E-state index contributed by atoms with van der Waals surface area (Å²) in [5.41, 5.74) is -0.00702. The van der Waals surface area contributed by atoms with Crippen LogP contribution in [0.4, 0.5) is 0 Å². The molecule has 5 fully saturated rings. The Kier molecular flexibility index (Phi) is 6.06. The van der Waals surface area contributed by atoms with Crippen molar-refractivity contribution in [2.45, 2.75) is 90.6 Å². The fourth-order valence-corrected chi connectivity index (χ4v) is 9.45. The molecule has 0 radical (unpaired) electrons. The fourth-order valence-electron chi connectivity index (χ4n) is 9.45. The number of nitrogens with one attached hydrogen (secondary N) is 1. The Bertz CT molecular complexity index is 675. The van der Waals surface area contributed by atoms with Crippen LogP contribution in [0.1, 0.15) is 84.5 Å². The van der Waals surface area contributed by atoms with Gasteiger partial charge in [-0.2, -0.15) is 0 Å². The average Bonchev–Trinajstić information content (AvgIpc) is 3.08. The number of fused-ring (bicyclic) bond motifs is 5. The highest BCUT2D eigenvalue weighted by Gasteiger charge is 2.64. The predicted octanol–water partition coefficient (Wildman–Crippen LogP) is 4.18. The minimum absolute atomic E-state index is 0.00835. The van der Waals surface area contributed by atoms with Crippen LogP contribution >= 0.6 is 0 Å².